The highest BCUT2D eigenvalue weighted by atomic mass is 35.5. The maximum atomic E-state index is 14.2. The Labute approximate surface area is 216 Å². The van der Waals surface area contributed by atoms with Gasteiger partial charge in [-0.05, 0) is 41.8 Å². The Hall–Kier alpha value is -2.71. The average Bonchev–Trinajstić information content (AvgIpc) is 3.17. The van der Waals surface area contributed by atoms with Gasteiger partial charge in [-0.2, -0.15) is 0 Å². The lowest BCUT2D eigenvalue weighted by Gasteiger charge is -2.21. The van der Waals surface area contributed by atoms with Crippen LogP contribution in [0.3, 0.4) is 0 Å². The molecular formula is C27H27ClF2N2O3S. The molecule has 0 aliphatic heterocycles. The first kappa shape index (κ1) is 26.4. The number of aldehydes is 1. The predicted octanol–water partition coefficient (Wildman–Crippen LogP) is 5.72. The third-order valence-corrected chi connectivity index (χ3v) is 8.54. The summed E-state index contributed by atoms with van der Waals surface area (Å²) in [6.45, 7) is 4.30. The fraction of sp³-hybridized carbons (Fsp3) is 0.370. The number of aromatic nitrogens is 2. The number of halogens is 3. The van der Waals surface area contributed by atoms with Crippen molar-refractivity contribution < 1.29 is 17.8 Å². The number of alkyl halides is 2. The topological polar surface area (TPSA) is 69.0 Å². The molecule has 4 atom stereocenters. The van der Waals surface area contributed by atoms with Crippen molar-refractivity contribution in [2.75, 3.05) is 5.75 Å². The van der Waals surface area contributed by atoms with E-state index in [1.807, 2.05) is 25.2 Å². The van der Waals surface area contributed by atoms with Crippen molar-refractivity contribution >= 4 is 40.3 Å². The van der Waals surface area contributed by atoms with Crippen LogP contribution in [0.1, 0.15) is 78.0 Å². The summed E-state index contributed by atoms with van der Waals surface area (Å²) in [4.78, 5) is 30.1. The molecule has 0 spiro atoms. The number of fused-ring (bicyclic) bond motifs is 1. The predicted molar refractivity (Wildman–Crippen MR) is 140 cm³/mol. The monoisotopic (exact) mass is 532 g/mol. The molecule has 9 heteroatoms. The summed E-state index contributed by atoms with van der Waals surface area (Å²) in [7, 11) is -0.136. The fourth-order valence-corrected chi connectivity index (χ4v) is 6.09. The van der Waals surface area contributed by atoms with E-state index >= 15 is 0 Å². The summed E-state index contributed by atoms with van der Waals surface area (Å²) in [5.74, 6) is -3.49. The third kappa shape index (κ3) is 4.68. The molecule has 0 amide bonds. The Morgan fingerprint density at radius 2 is 2.08 bits per heavy atom. The molecule has 4 rings (SSSR count). The molecule has 0 saturated carbocycles. The van der Waals surface area contributed by atoms with E-state index in [2.05, 4.69) is 0 Å². The zero-order valence-electron chi connectivity index (χ0n) is 20.4. The van der Waals surface area contributed by atoms with Gasteiger partial charge in [-0.3, -0.25) is 14.0 Å². The molecular weight excluding hydrogens is 506 g/mol. The number of carbonyl (C=O) groups is 1. The lowest BCUT2D eigenvalue weighted by atomic mass is 9.91. The first-order valence-corrected chi connectivity index (χ1v) is 13.4. The summed E-state index contributed by atoms with van der Waals surface area (Å²) >= 11 is 6.21. The lowest BCUT2D eigenvalue weighted by Crippen LogP contribution is -2.29. The van der Waals surface area contributed by atoms with Gasteiger partial charge in [0.1, 0.15) is 11.5 Å². The van der Waals surface area contributed by atoms with Crippen molar-refractivity contribution in [3.8, 4) is 0 Å². The van der Waals surface area contributed by atoms with Crippen LogP contribution in [0.2, 0.25) is 0 Å². The van der Waals surface area contributed by atoms with Gasteiger partial charge in [-0.25, -0.2) is 8.78 Å². The van der Waals surface area contributed by atoms with Gasteiger partial charge >= 0.3 is 0 Å². The highest BCUT2D eigenvalue weighted by Gasteiger charge is 2.35. The highest BCUT2D eigenvalue weighted by Crippen LogP contribution is 2.44. The van der Waals surface area contributed by atoms with Gasteiger partial charge in [-0.1, -0.05) is 43.7 Å². The SMILES string of the molecule is CCS(=O)C(C=O)c1ccc(C2C=C(Cl)C=CC2)nc1C1=Cc2cc(C(C)(F)F)n(C)c(=O)c2C1C. The van der Waals surface area contributed by atoms with Crippen LogP contribution in [0.25, 0.3) is 11.6 Å². The van der Waals surface area contributed by atoms with Crippen molar-refractivity contribution in [1.29, 1.82) is 0 Å². The largest absolute Gasteiger partial charge is 0.310 e. The standard InChI is InChI=1S/C27H27ClF2N2O3S/c1-5-36(35)22(14-33)19-9-10-21(16-7-6-8-18(28)11-16)31-25(19)20-12-17-13-23(27(3,29)30)32(4)26(34)24(17)15(20)2/h6,8-16,22H,5,7H2,1-4H3. The normalized spacial score (nSPS) is 21.0. The van der Waals surface area contributed by atoms with Crippen LogP contribution in [0, 0.1) is 0 Å². The molecule has 0 aromatic carbocycles. The number of carbonyl (C=O) groups excluding carboxylic acids is 1. The van der Waals surface area contributed by atoms with Crippen LogP contribution in [0.4, 0.5) is 8.78 Å². The van der Waals surface area contributed by atoms with Gasteiger partial charge in [-0.15, -0.1) is 0 Å². The molecule has 2 aliphatic rings. The van der Waals surface area contributed by atoms with Crippen LogP contribution in [-0.2, 0) is 28.6 Å². The van der Waals surface area contributed by atoms with Crippen molar-refractivity contribution in [2.24, 2.45) is 7.05 Å². The van der Waals surface area contributed by atoms with E-state index in [1.54, 1.807) is 25.1 Å². The first-order valence-electron chi connectivity index (χ1n) is 11.7. The summed E-state index contributed by atoms with van der Waals surface area (Å²) < 4.78 is 42.2. The number of nitrogens with zero attached hydrogens (tertiary/aromatic N) is 2. The van der Waals surface area contributed by atoms with Gasteiger partial charge in [0.15, 0.2) is 0 Å². The molecule has 0 N–H and O–H groups in total. The molecule has 0 radical (unpaired) electrons. The van der Waals surface area contributed by atoms with Crippen LogP contribution < -0.4 is 5.56 Å². The molecule has 2 heterocycles. The van der Waals surface area contributed by atoms with Gasteiger partial charge in [0.25, 0.3) is 11.5 Å². The smallest absolute Gasteiger partial charge is 0.285 e. The summed E-state index contributed by atoms with van der Waals surface area (Å²) in [6, 6.07) is 4.89. The van der Waals surface area contributed by atoms with E-state index in [1.165, 1.54) is 13.1 Å². The lowest BCUT2D eigenvalue weighted by molar-refractivity contribution is -0.107. The van der Waals surface area contributed by atoms with Gasteiger partial charge in [0.2, 0.25) is 0 Å². The second kappa shape index (κ2) is 9.98. The zero-order chi connectivity index (χ0) is 26.4. The summed E-state index contributed by atoms with van der Waals surface area (Å²) in [6.07, 6.45) is 8.68. The Kier molecular flexibility index (Phi) is 7.30. The zero-order valence-corrected chi connectivity index (χ0v) is 22.0. The Morgan fingerprint density at radius 3 is 2.69 bits per heavy atom. The van der Waals surface area contributed by atoms with E-state index in [-0.39, 0.29) is 17.4 Å². The quantitative estimate of drug-likeness (QED) is 0.427. The Bertz CT molecular complexity index is 1400. The molecule has 5 nitrogen and oxygen atoms in total. The maximum absolute atomic E-state index is 14.2. The minimum Gasteiger partial charge on any atom is -0.310 e. The number of pyridine rings is 2. The fourth-order valence-electron chi connectivity index (χ4n) is 4.89. The first-order chi connectivity index (χ1) is 17.0. The second-order valence-corrected chi connectivity index (χ2v) is 11.5. The maximum Gasteiger partial charge on any atom is 0.285 e. The van der Waals surface area contributed by atoms with Crippen LogP contribution in [-0.4, -0.2) is 25.8 Å². The molecule has 0 saturated heterocycles. The van der Waals surface area contributed by atoms with Crippen LogP contribution >= 0.6 is 11.6 Å². The Morgan fingerprint density at radius 1 is 1.36 bits per heavy atom. The van der Waals surface area contributed by atoms with Crippen molar-refractivity contribution in [3.05, 3.63) is 85.6 Å². The van der Waals surface area contributed by atoms with E-state index in [0.717, 1.165) is 11.5 Å². The van der Waals surface area contributed by atoms with E-state index in [0.29, 0.717) is 51.4 Å². The highest BCUT2D eigenvalue weighted by molar-refractivity contribution is 7.85. The summed E-state index contributed by atoms with van der Waals surface area (Å²) in [5.41, 5.74) is 2.17. The molecule has 2 aliphatic carbocycles. The van der Waals surface area contributed by atoms with Gasteiger partial charge < -0.3 is 9.36 Å². The molecule has 2 aromatic heterocycles. The molecule has 0 bridgehead atoms. The van der Waals surface area contributed by atoms with Crippen LogP contribution in [0.5, 0.6) is 0 Å². The van der Waals surface area contributed by atoms with Gasteiger partial charge in [0.05, 0.1) is 11.4 Å². The average molecular weight is 533 g/mol. The molecule has 0 fully saturated rings. The molecule has 2 aromatic rings. The second-order valence-electron chi connectivity index (χ2n) is 9.17. The van der Waals surface area contributed by atoms with E-state index < -0.39 is 33.4 Å². The number of rotatable bonds is 7. The van der Waals surface area contributed by atoms with Crippen molar-refractivity contribution in [2.45, 2.75) is 50.2 Å². The number of allylic oxidation sites excluding steroid dienone is 5. The third-order valence-electron chi connectivity index (χ3n) is 6.79. The van der Waals surface area contributed by atoms with Gasteiger partial charge in [0, 0.05) is 64.2 Å². The van der Waals surface area contributed by atoms with Crippen molar-refractivity contribution in [1.82, 2.24) is 9.55 Å². The molecule has 4 unspecified atom stereocenters. The minimum absolute atomic E-state index is 0.0976. The number of hydrogen-bond acceptors (Lipinski definition) is 4. The van der Waals surface area contributed by atoms with Crippen molar-refractivity contribution in [3.63, 3.8) is 0 Å². The van der Waals surface area contributed by atoms with E-state index in [4.69, 9.17) is 16.6 Å². The van der Waals surface area contributed by atoms with Crippen LogP contribution in [0.15, 0.2) is 46.3 Å². The Balaban J connectivity index is 1.92. The minimum atomic E-state index is -3.20. The molecule has 36 heavy (non-hydrogen) atoms. The summed E-state index contributed by atoms with van der Waals surface area (Å²) in [5, 5.41) is -0.319. The number of hydrogen-bond donors (Lipinski definition) is 0. The molecule has 190 valence electrons. The van der Waals surface area contributed by atoms with E-state index in [9.17, 15) is 22.6 Å².